The predicted octanol–water partition coefficient (Wildman–Crippen LogP) is 1.51. The van der Waals surface area contributed by atoms with Crippen molar-refractivity contribution in [2.24, 2.45) is 11.8 Å². The number of nitrogens with zero attached hydrogens (tertiary/aromatic N) is 1. The van der Waals surface area contributed by atoms with E-state index in [1.54, 1.807) is 0 Å². The molecule has 1 aliphatic rings. The molecule has 4 nitrogen and oxygen atoms in total. The molecule has 1 rings (SSSR count). The Kier molecular flexibility index (Phi) is 4.00. The van der Waals surface area contributed by atoms with Gasteiger partial charge in [-0.05, 0) is 19.8 Å². The van der Waals surface area contributed by atoms with Crippen molar-refractivity contribution < 1.29 is 27.9 Å². The smallest absolute Gasteiger partial charge is 0.406 e. The van der Waals surface area contributed by atoms with Crippen molar-refractivity contribution in [3.05, 3.63) is 0 Å². The van der Waals surface area contributed by atoms with E-state index in [2.05, 4.69) is 0 Å². The fraction of sp³-hybridized carbons (Fsp3) is 0.800. The molecule has 1 saturated carbocycles. The maximum Gasteiger partial charge on any atom is 0.406 e. The Morgan fingerprint density at radius 3 is 2.12 bits per heavy atom. The van der Waals surface area contributed by atoms with E-state index < -0.39 is 36.4 Å². The number of rotatable bonds is 4. The largest absolute Gasteiger partial charge is 0.481 e. The third-order valence-corrected chi connectivity index (χ3v) is 2.97. The van der Waals surface area contributed by atoms with Crippen LogP contribution in [-0.2, 0) is 9.59 Å². The Hall–Kier alpha value is -1.27. The summed E-state index contributed by atoms with van der Waals surface area (Å²) in [5, 5.41) is 8.75. The number of carbonyl (C=O) groups is 2. The zero-order chi connectivity index (χ0) is 13.2. The van der Waals surface area contributed by atoms with Gasteiger partial charge in [-0.3, -0.25) is 9.59 Å². The van der Waals surface area contributed by atoms with Crippen molar-refractivity contribution in [1.82, 2.24) is 4.90 Å². The first-order valence-electron chi connectivity index (χ1n) is 5.34. The highest BCUT2D eigenvalue weighted by Gasteiger charge is 2.44. The van der Waals surface area contributed by atoms with Gasteiger partial charge in [-0.15, -0.1) is 0 Å². The van der Waals surface area contributed by atoms with Crippen LogP contribution in [0.1, 0.15) is 19.8 Å². The zero-order valence-corrected chi connectivity index (χ0v) is 9.33. The van der Waals surface area contributed by atoms with E-state index in [1.165, 1.54) is 6.92 Å². The molecule has 1 fully saturated rings. The minimum Gasteiger partial charge on any atom is -0.481 e. The lowest BCUT2D eigenvalue weighted by molar-refractivity contribution is -0.170. The van der Waals surface area contributed by atoms with Crippen LogP contribution in [0, 0.1) is 11.8 Å². The van der Waals surface area contributed by atoms with Crippen LogP contribution >= 0.6 is 0 Å². The average molecular weight is 253 g/mol. The summed E-state index contributed by atoms with van der Waals surface area (Å²) in [6, 6.07) is 0. The fourth-order valence-electron chi connectivity index (χ4n) is 1.89. The molecule has 1 aliphatic carbocycles. The van der Waals surface area contributed by atoms with Crippen LogP contribution in [0.25, 0.3) is 0 Å². The molecule has 0 aromatic rings. The van der Waals surface area contributed by atoms with Crippen LogP contribution in [0.3, 0.4) is 0 Å². The Balaban J connectivity index is 2.64. The van der Waals surface area contributed by atoms with E-state index in [0.717, 1.165) is 0 Å². The number of carbonyl (C=O) groups excluding carboxylic acids is 1. The highest BCUT2D eigenvalue weighted by atomic mass is 19.4. The van der Waals surface area contributed by atoms with Crippen LogP contribution in [0.15, 0.2) is 0 Å². The summed E-state index contributed by atoms with van der Waals surface area (Å²) in [6.45, 7) is 0.0600. The molecular weight excluding hydrogens is 239 g/mol. The van der Waals surface area contributed by atoms with Gasteiger partial charge in [0.15, 0.2) is 0 Å². The van der Waals surface area contributed by atoms with E-state index in [0.29, 0.717) is 17.7 Å². The molecule has 17 heavy (non-hydrogen) atoms. The first-order valence-corrected chi connectivity index (χ1v) is 5.34. The van der Waals surface area contributed by atoms with E-state index in [1.807, 2.05) is 0 Å². The molecule has 0 aromatic heterocycles. The van der Waals surface area contributed by atoms with E-state index in [9.17, 15) is 22.8 Å². The van der Waals surface area contributed by atoms with Crippen molar-refractivity contribution in [2.45, 2.75) is 25.9 Å². The lowest BCUT2D eigenvalue weighted by atomic mass is 9.73. The van der Waals surface area contributed by atoms with Crippen molar-refractivity contribution in [3.8, 4) is 0 Å². The first kappa shape index (κ1) is 13.8. The molecule has 0 bridgehead atoms. The van der Waals surface area contributed by atoms with Crippen molar-refractivity contribution in [3.63, 3.8) is 0 Å². The molecule has 2 atom stereocenters. The summed E-state index contributed by atoms with van der Waals surface area (Å²) in [6.07, 6.45) is -3.74. The van der Waals surface area contributed by atoms with Crippen LogP contribution in [-0.4, -0.2) is 41.1 Å². The number of alkyl halides is 3. The number of carboxylic acids is 1. The van der Waals surface area contributed by atoms with E-state index in [4.69, 9.17) is 5.11 Å². The molecule has 0 heterocycles. The quantitative estimate of drug-likeness (QED) is 0.826. The Labute approximate surface area is 96.4 Å². The molecule has 0 aromatic carbocycles. The lowest BCUT2D eigenvalue weighted by Gasteiger charge is -2.36. The van der Waals surface area contributed by atoms with E-state index >= 15 is 0 Å². The minimum atomic E-state index is -4.45. The average Bonchev–Trinajstić information content (AvgIpc) is 2.09. The van der Waals surface area contributed by atoms with Crippen molar-refractivity contribution in [2.75, 3.05) is 13.1 Å². The van der Waals surface area contributed by atoms with Gasteiger partial charge in [-0.2, -0.15) is 13.2 Å². The van der Waals surface area contributed by atoms with Gasteiger partial charge < -0.3 is 10.0 Å². The Morgan fingerprint density at radius 1 is 1.29 bits per heavy atom. The summed E-state index contributed by atoms with van der Waals surface area (Å²) in [5.74, 6) is -3.44. The molecule has 0 radical (unpaired) electrons. The van der Waals surface area contributed by atoms with Gasteiger partial charge in [0.1, 0.15) is 6.54 Å². The number of hydrogen-bond acceptors (Lipinski definition) is 2. The predicted molar refractivity (Wildman–Crippen MR) is 52.2 cm³/mol. The molecule has 0 aliphatic heterocycles. The van der Waals surface area contributed by atoms with Gasteiger partial charge in [0.25, 0.3) is 0 Å². The molecule has 2 unspecified atom stereocenters. The third kappa shape index (κ3) is 3.34. The molecule has 0 spiro atoms. The highest BCUT2D eigenvalue weighted by Crippen LogP contribution is 2.36. The second kappa shape index (κ2) is 4.93. The van der Waals surface area contributed by atoms with Gasteiger partial charge >= 0.3 is 12.1 Å². The maximum absolute atomic E-state index is 12.2. The number of amides is 1. The minimum absolute atomic E-state index is 0.0683. The Morgan fingerprint density at radius 2 is 1.82 bits per heavy atom. The van der Waals surface area contributed by atoms with Gasteiger partial charge in [0, 0.05) is 6.54 Å². The molecule has 7 heteroatoms. The van der Waals surface area contributed by atoms with E-state index in [-0.39, 0.29) is 6.54 Å². The number of carboxylic acid groups (broad SMARTS) is 1. The molecule has 98 valence electrons. The van der Waals surface area contributed by atoms with Crippen LogP contribution < -0.4 is 0 Å². The van der Waals surface area contributed by atoms with Crippen LogP contribution in [0.2, 0.25) is 0 Å². The number of hydrogen-bond donors (Lipinski definition) is 1. The summed E-state index contributed by atoms with van der Waals surface area (Å²) in [5.41, 5.74) is 0. The highest BCUT2D eigenvalue weighted by molar-refractivity contribution is 5.86. The van der Waals surface area contributed by atoms with Crippen molar-refractivity contribution in [1.29, 1.82) is 0 Å². The summed E-state index contributed by atoms with van der Waals surface area (Å²) in [7, 11) is 0. The zero-order valence-electron chi connectivity index (χ0n) is 9.33. The van der Waals surface area contributed by atoms with Crippen LogP contribution in [0.4, 0.5) is 13.2 Å². The summed E-state index contributed by atoms with van der Waals surface area (Å²) in [4.78, 5) is 23.1. The van der Waals surface area contributed by atoms with Gasteiger partial charge in [0.05, 0.1) is 11.8 Å². The number of aliphatic carboxylic acids is 1. The molecular formula is C10H14F3NO3. The molecule has 1 amide bonds. The summed E-state index contributed by atoms with van der Waals surface area (Å²) < 4.78 is 36.6. The van der Waals surface area contributed by atoms with Crippen LogP contribution in [0.5, 0.6) is 0 Å². The summed E-state index contributed by atoms with van der Waals surface area (Å²) >= 11 is 0. The lowest BCUT2D eigenvalue weighted by Crippen LogP contribution is -2.48. The monoisotopic (exact) mass is 253 g/mol. The van der Waals surface area contributed by atoms with Gasteiger partial charge in [-0.1, -0.05) is 0 Å². The van der Waals surface area contributed by atoms with Gasteiger partial charge in [0.2, 0.25) is 5.91 Å². The fourth-order valence-corrected chi connectivity index (χ4v) is 1.89. The second-order valence-electron chi connectivity index (χ2n) is 4.10. The second-order valence-corrected chi connectivity index (χ2v) is 4.10. The third-order valence-electron chi connectivity index (χ3n) is 2.97. The number of halogens is 3. The standard InChI is InChI=1S/C10H14F3NO3/c1-2-14(5-10(11,12)13)8(15)6-3-4-7(6)9(16)17/h6-7H,2-5H2,1H3,(H,16,17). The van der Waals surface area contributed by atoms with Gasteiger partial charge in [-0.25, -0.2) is 0 Å². The SMILES string of the molecule is CCN(CC(F)(F)F)C(=O)C1CCC1C(=O)O. The van der Waals surface area contributed by atoms with Crippen molar-refractivity contribution >= 4 is 11.9 Å². The Bertz CT molecular complexity index is 316. The topological polar surface area (TPSA) is 57.6 Å². The normalized spacial score (nSPS) is 24.0. The molecule has 1 N–H and O–H groups in total. The first-order chi connectivity index (χ1) is 7.76. The molecule has 0 saturated heterocycles. The maximum atomic E-state index is 12.2.